The lowest BCUT2D eigenvalue weighted by Crippen LogP contribution is -2.22. The zero-order chi connectivity index (χ0) is 18.8. The summed E-state index contributed by atoms with van der Waals surface area (Å²) in [6.07, 6.45) is 4.09. The molecule has 0 amide bonds. The predicted octanol–water partition coefficient (Wildman–Crippen LogP) is 3.80. The molecule has 0 N–H and O–H groups in total. The van der Waals surface area contributed by atoms with Gasteiger partial charge in [-0.2, -0.15) is 4.39 Å². The average molecular weight is 357 g/mol. The van der Waals surface area contributed by atoms with Gasteiger partial charge in [0.15, 0.2) is 0 Å². The van der Waals surface area contributed by atoms with Crippen LogP contribution in [0.5, 0.6) is 5.75 Å². The Hall–Kier alpha value is -3.09. The van der Waals surface area contributed by atoms with Gasteiger partial charge in [-0.3, -0.25) is 10.1 Å². The maximum atomic E-state index is 13.9. The zero-order valence-electron chi connectivity index (χ0n) is 14.9. The van der Waals surface area contributed by atoms with Crippen LogP contribution in [0.2, 0.25) is 0 Å². The molecule has 0 fully saturated rings. The van der Waals surface area contributed by atoms with E-state index in [0.717, 1.165) is 23.7 Å². The molecule has 0 atom stereocenters. The normalized spacial score (nSPS) is 12.7. The van der Waals surface area contributed by atoms with E-state index in [2.05, 4.69) is 17.0 Å². The number of methoxy groups -OCH3 is 1. The number of hydrogen-bond donors (Lipinski definition) is 0. The van der Waals surface area contributed by atoms with Crippen molar-refractivity contribution in [2.75, 3.05) is 26.1 Å². The van der Waals surface area contributed by atoms with Gasteiger partial charge in [0.1, 0.15) is 5.75 Å². The Labute approximate surface area is 151 Å². The van der Waals surface area contributed by atoms with E-state index in [1.807, 2.05) is 30.3 Å². The minimum absolute atomic E-state index is 0.261. The van der Waals surface area contributed by atoms with Crippen molar-refractivity contribution in [3.63, 3.8) is 0 Å². The molecule has 6 nitrogen and oxygen atoms in total. The zero-order valence-corrected chi connectivity index (χ0v) is 14.9. The molecule has 136 valence electrons. The summed E-state index contributed by atoms with van der Waals surface area (Å²) < 4.78 is 19.1. The minimum atomic E-state index is -0.909. The molecule has 0 radical (unpaired) electrons. The molecule has 0 saturated heterocycles. The summed E-state index contributed by atoms with van der Waals surface area (Å²) >= 11 is 0. The number of nitro benzene ring substituents is 1. The average Bonchev–Trinajstić information content (AvgIpc) is 2.61. The first-order valence-corrected chi connectivity index (χ1v) is 8.13. The van der Waals surface area contributed by atoms with Crippen molar-refractivity contribution in [1.29, 1.82) is 0 Å². The SMILES string of the molecule is COc1cc(F)c([N+](=O)[O-])cc1N(C)Cc1cccc2c1CN(C)C=C2. The highest BCUT2D eigenvalue weighted by Crippen LogP contribution is 2.35. The Balaban J connectivity index is 1.97. The van der Waals surface area contributed by atoms with E-state index in [9.17, 15) is 14.5 Å². The van der Waals surface area contributed by atoms with Crippen LogP contribution in [0, 0.1) is 15.9 Å². The smallest absolute Gasteiger partial charge is 0.307 e. The quantitative estimate of drug-likeness (QED) is 0.602. The van der Waals surface area contributed by atoms with E-state index in [0.29, 0.717) is 12.2 Å². The fraction of sp³-hybridized carbons (Fsp3) is 0.263. The summed E-state index contributed by atoms with van der Waals surface area (Å²) in [7, 11) is 5.23. The lowest BCUT2D eigenvalue weighted by molar-refractivity contribution is -0.387. The number of nitro groups is 1. The number of halogens is 1. The summed E-state index contributed by atoms with van der Waals surface area (Å²) in [5, 5.41) is 11.1. The summed E-state index contributed by atoms with van der Waals surface area (Å²) in [6, 6.07) is 8.36. The predicted molar refractivity (Wildman–Crippen MR) is 98.7 cm³/mol. The third kappa shape index (κ3) is 3.33. The van der Waals surface area contributed by atoms with Crippen molar-refractivity contribution < 1.29 is 14.1 Å². The van der Waals surface area contributed by atoms with E-state index in [-0.39, 0.29) is 5.75 Å². The topological polar surface area (TPSA) is 58.9 Å². The number of hydrogen-bond acceptors (Lipinski definition) is 5. The van der Waals surface area contributed by atoms with Crippen LogP contribution in [0.1, 0.15) is 16.7 Å². The summed E-state index contributed by atoms with van der Waals surface area (Å²) in [6.45, 7) is 1.31. The van der Waals surface area contributed by atoms with Gasteiger partial charge in [0, 0.05) is 39.3 Å². The van der Waals surface area contributed by atoms with Gasteiger partial charge in [0.05, 0.1) is 17.7 Å². The van der Waals surface area contributed by atoms with Crippen molar-refractivity contribution in [3.8, 4) is 5.75 Å². The van der Waals surface area contributed by atoms with Crippen molar-refractivity contribution in [2.45, 2.75) is 13.1 Å². The Morgan fingerprint density at radius 3 is 2.85 bits per heavy atom. The molecule has 26 heavy (non-hydrogen) atoms. The molecule has 0 saturated carbocycles. The number of ether oxygens (including phenoxy) is 1. The van der Waals surface area contributed by atoms with Gasteiger partial charge >= 0.3 is 5.69 Å². The third-order valence-corrected chi connectivity index (χ3v) is 4.49. The highest BCUT2D eigenvalue weighted by molar-refractivity contribution is 5.64. The van der Waals surface area contributed by atoms with E-state index in [1.165, 1.54) is 18.7 Å². The second kappa shape index (κ2) is 7.03. The number of benzene rings is 2. The van der Waals surface area contributed by atoms with Crippen LogP contribution < -0.4 is 9.64 Å². The molecule has 7 heteroatoms. The second-order valence-electron chi connectivity index (χ2n) is 6.30. The van der Waals surface area contributed by atoms with Gasteiger partial charge in [-0.25, -0.2) is 0 Å². The Morgan fingerprint density at radius 2 is 2.15 bits per heavy atom. The maximum Gasteiger partial charge on any atom is 0.307 e. The van der Waals surface area contributed by atoms with E-state index >= 15 is 0 Å². The van der Waals surface area contributed by atoms with Crippen molar-refractivity contribution in [1.82, 2.24) is 4.90 Å². The van der Waals surface area contributed by atoms with Gasteiger partial charge in [-0.05, 0) is 29.0 Å². The molecule has 0 unspecified atom stereocenters. The first-order valence-electron chi connectivity index (χ1n) is 8.13. The Bertz CT molecular complexity index is 883. The lowest BCUT2D eigenvalue weighted by Gasteiger charge is -2.27. The second-order valence-corrected chi connectivity index (χ2v) is 6.30. The van der Waals surface area contributed by atoms with E-state index < -0.39 is 16.4 Å². The van der Waals surface area contributed by atoms with Gasteiger partial charge in [0.2, 0.25) is 5.82 Å². The molecular weight excluding hydrogens is 337 g/mol. The van der Waals surface area contributed by atoms with Crippen LogP contribution in [0.25, 0.3) is 6.08 Å². The molecule has 1 aliphatic heterocycles. The van der Waals surface area contributed by atoms with Crippen LogP contribution in [-0.2, 0) is 13.1 Å². The maximum absolute atomic E-state index is 13.9. The molecule has 0 aliphatic carbocycles. The first kappa shape index (κ1) is 17.7. The van der Waals surface area contributed by atoms with Gasteiger partial charge in [-0.15, -0.1) is 0 Å². The van der Waals surface area contributed by atoms with Gasteiger partial charge in [0.25, 0.3) is 0 Å². The van der Waals surface area contributed by atoms with E-state index in [4.69, 9.17) is 4.74 Å². The third-order valence-electron chi connectivity index (χ3n) is 4.49. The summed E-state index contributed by atoms with van der Waals surface area (Å²) in [5.74, 6) is -0.648. The molecule has 0 aromatic heterocycles. The highest BCUT2D eigenvalue weighted by atomic mass is 19.1. The largest absolute Gasteiger partial charge is 0.494 e. The molecule has 2 aromatic rings. The van der Waals surface area contributed by atoms with Crippen LogP contribution in [-0.4, -0.2) is 31.0 Å². The fourth-order valence-corrected chi connectivity index (χ4v) is 3.14. The molecule has 0 spiro atoms. The molecule has 1 aliphatic rings. The monoisotopic (exact) mass is 357 g/mol. The first-order chi connectivity index (χ1) is 12.4. The van der Waals surface area contributed by atoms with Crippen molar-refractivity contribution >= 4 is 17.5 Å². The summed E-state index contributed by atoms with van der Waals surface area (Å²) in [4.78, 5) is 14.3. The number of fused-ring (bicyclic) bond motifs is 1. The Morgan fingerprint density at radius 1 is 1.38 bits per heavy atom. The summed E-state index contributed by atoms with van der Waals surface area (Å²) in [5.41, 5.74) is 3.38. The van der Waals surface area contributed by atoms with Crippen molar-refractivity contribution in [2.24, 2.45) is 0 Å². The lowest BCUT2D eigenvalue weighted by atomic mass is 9.98. The standard InChI is InChI=1S/C19H20FN3O3/c1-21-8-7-13-5-4-6-14(15(13)12-21)11-22(2)18-10-17(23(24)25)16(20)9-19(18)26-3/h4-10H,11-12H2,1-3H3. The van der Waals surface area contributed by atoms with Crippen LogP contribution in [0.3, 0.4) is 0 Å². The van der Waals surface area contributed by atoms with Crippen LogP contribution in [0.4, 0.5) is 15.8 Å². The number of anilines is 1. The van der Waals surface area contributed by atoms with Gasteiger partial charge < -0.3 is 14.5 Å². The molecular formula is C19H20FN3O3. The number of nitrogens with zero attached hydrogens (tertiary/aromatic N) is 3. The van der Waals surface area contributed by atoms with Crippen LogP contribution >= 0.6 is 0 Å². The molecule has 2 aromatic carbocycles. The van der Waals surface area contributed by atoms with Crippen molar-refractivity contribution in [3.05, 3.63) is 69.2 Å². The molecule has 0 bridgehead atoms. The molecule has 3 rings (SSSR count). The van der Waals surface area contributed by atoms with Crippen LogP contribution in [0.15, 0.2) is 36.5 Å². The fourth-order valence-electron chi connectivity index (χ4n) is 3.14. The van der Waals surface area contributed by atoms with Gasteiger partial charge in [-0.1, -0.05) is 18.2 Å². The number of rotatable bonds is 5. The minimum Gasteiger partial charge on any atom is -0.494 e. The highest BCUT2D eigenvalue weighted by Gasteiger charge is 2.22. The van der Waals surface area contributed by atoms with E-state index in [1.54, 1.807) is 7.05 Å². The Kier molecular flexibility index (Phi) is 4.79. The molecule has 1 heterocycles.